The molecular formula is C24H28F2N6O2S. The monoisotopic (exact) mass is 502 g/mol. The van der Waals surface area contributed by atoms with Crippen LogP contribution in [-0.2, 0) is 17.7 Å². The minimum atomic E-state index is -3.03. The van der Waals surface area contributed by atoms with E-state index >= 15 is 0 Å². The number of amides is 1. The summed E-state index contributed by atoms with van der Waals surface area (Å²) >= 11 is 1.37. The highest BCUT2D eigenvalue weighted by Gasteiger charge is 2.31. The summed E-state index contributed by atoms with van der Waals surface area (Å²) in [6.07, 6.45) is 4.94. The van der Waals surface area contributed by atoms with Crippen LogP contribution in [0.2, 0.25) is 0 Å². The lowest BCUT2D eigenvalue weighted by Crippen LogP contribution is -2.41. The fourth-order valence-electron chi connectivity index (χ4n) is 4.43. The Kier molecular flexibility index (Phi) is 5.58. The van der Waals surface area contributed by atoms with E-state index in [9.17, 15) is 13.6 Å². The SMILES string of the molecule is Cn1cc2cc(-c3nn4cc(C5CCN(C(=O)OC(C)(C)C)CC5)nc4s3)cc(C(C)(F)F)c2n1. The van der Waals surface area contributed by atoms with E-state index in [1.165, 1.54) is 17.4 Å². The number of nitrogens with zero attached hydrogens (tertiary/aromatic N) is 6. The van der Waals surface area contributed by atoms with Gasteiger partial charge in [0.1, 0.15) is 16.1 Å². The summed E-state index contributed by atoms with van der Waals surface area (Å²) in [7, 11) is 1.72. The molecule has 0 spiro atoms. The van der Waals surface area contributed by atoms with Crippen molar-refractivity contribution in [3.8, 4) is 10.6 Å². The van der Waals surface area contributed by atoms with Crippen LogP contribution in [0.15, 0.2) is 24.5 Å². The molecule has 4 heterocycles. The van der Waals surface area contributed by atoms with E-state index in [0.29, 0.717) is 39.5 Å². The molecule has 1 saturated heterocycles. The van der Waals surface area contributed by atoms with Crippen LogP contribution < -0.4 is 0 Å². The van der Waals surface area contributed by atoms with Crippen molar-refractivity contribution in [1.29, 1.82) is 0 Å². The summed E-state index contributed by atoms with van der Waals surface area (Å²) < 4.78 is 37.4. The first kappa shape index (κ1) is 23.7. The molecule has 1 aromatic carbocycles. The zero-order valence-electron chi connectivity index (χ0n) is 20.4. The van der Waals surface area contributed by atoms with Gasteiger partial charge in [-0.1, -0.05) is 11.3 Å². The maximum atomic E-state index is 14.3. The van der Waals surface area contributed by atoms with Gasteiger partial charge in [0.15, 0.2) is 0 Å². The third-order valence-corrected chi connectivity index (χ3v) is 7.04. The first-order valence-electron chi connectivity index (χ1n) is 11.6. The number of piperidine rings is 1. The fourth-order valence-corrected chi connectivity index (χ4v) is 5.30. The van der Waals surface area contributed by atoms with Crippen LogP contribution in [0.1, 0.15) is 57.7 Å². The Balaban J connectivity index is 1.36. The second-order valence-electron chi connectivity index (χ2n) is 10.2. The summed E-state index contributed by atoms with van der Waals surface area (Å²) in [5.41, 5.74) is 1.22. The predicted molar refractivity (Wildman–Crippen MR) is 130 cm³/mol. The Morgan fingerprint density at radius 2 is 1.83 bits per heavy atom. The average Bonchev–Trinajstić information content (AvgIpc) is 3.42. The largest absolute Gasteiger partial charge is 0.444 e. The Morgan fingerprint density at radius 3 is 2.46 bits per heavy atom. The number of carbonyl (C=O) groups excluding carboxylic acids is 1. The molecule has 35 heavy (non-hydrogen) atoms. The van der Waals surface area contributed by atoms with Crippen molar-refractivity contribution in [3.05, 3.63) is 35.8 Å². The van der Waals surface area contributed by atoms with Gasteiger partial charge in [0.2, 0.25) is 4.96 Å². The van der Waals surface area contributed by atoms with Crippen LogP contribution in [0.3, 0.4) is 0 Å². The van der Waals surface area contributed by atoms with E-state index in [1.807, 2.05) is 33.0 Å². The molecule has 0 bridgehead atoms. The number of aromatic nitrogens is 5. The van der Waals surface area contributed by atoms with Crippen molar-refractivity contribution in [2.24, 2.45) is 7.05 Å². The van der Waals surface area contributed by atoms with Gasteiger partial charge in [0.25, 0.3) is 5.92 Å². The van der Waals surface area contributed by atoms with Gasteiger partial charge in [-0.2, -0.15) is 10.2 Å². The van der Waals surface area contributed by atoms with E-state index in [1.54, 1.807) is 27.3 Å². The number of likely N-dealkylation sites (tertiary alicyclic amines) is 1. The van der Waals surface area contributed by atoms with Crippen LogP contribution in [0.4, 0.5) is 13.6 Å². The highest BCUT2D eigenvalue weighted by atomic mass is 32.1. The standard InChI is InChI=1S/C24H28F2N6O2S/c1-23(2,3)34-22(33)31-8-6-14(7-9-31)18-13-32-21(27-18)35-20(29-32)15-10-16-12-30(5)28-19(16)17(11-15)24(4,25)26/h10-14H,6-9H2,1-5H3. The summed E-state index contributed by atoms with van der Waals surface area (Å²) in [5.74, 6) is -2.80. The maximum Gasteiger partial charge on any atom is 0.410 e. The molecule has 1 amide bonds. The zero-order valence-corrected chi connectivity index (χ0v) is 21.2. The van der Waals surface area contributed by atoms with Crippen LogP contribution in [0, 0.1) is 0 Å². The van der Waals surface area contributed by atoms with Crippen LogP contribution in [0.25, 0.3) is 26.4 Å². The quantitative estimate of drug-likeness (QED) is 0.366. The molecule has 0 aliphatic carbocycles. The molecule has 3 aromatic heterocycles. The Bertz CT molecular complexity index is 1370. The van der Waals surface area contributed by atoms with Gasteiger partial charge < -0.3 is 9.64 Å². The van der Waals surface area contributed by atoms with Gasteiger partial charge in [-0.05, 0) is 45.7 Å². The zero-order chi connectivity index (χ0) is 25.1. The van der Waals surface area contributed by atoms with Crippen LogP contribution in [-0.4, -0.2) is 54.1 Å². The van der Waals surface area contributed by atoms with E-state index in [0.717, 1.165) is 25.5 Å². The number of benzene rings is 1. The summed E-state index contributed by atoms with van der Waals surface area (Å²) in [5, 5.41) is 10.1. The number of imidazole rings is 1. The molecule has 0 radical (unpaired) electrons. The van der Waals surface area contributed by atoms with Gasteiger partial charge in [-0.3, -0.25) is 4.68 Å². The first-order valence-corrected chi connectivity index (χ1v) is 12.4. The second-order valence-corrected chi connectivity index (χ2v) is 11.2. The van der Waals surface area contributed by atoms with Crippen molar-refractivity contribution < 1.29 is 18.3 Å². The molecule has 1 aliphatic heterocycles. The molecule has 11 heteroatoms. The van der Waals surface area contributed by atoms with Crippen molar-refractivity contribution in [1.82, 2.24) is 29.3 Å². The first-order chi connectivity index (χ1) is 16.4. The van der Waals surface area contributed by atoms with Crippen LogP contribution in [0.5, 0.6) is 0 Å². The summed E-state index contributed by atoms with van der Waals surface area (Å²) in [4.78, 5) is 19.5. The molecule has 0 atom stereocenters. The van der Waals surface area contributed by atoms with Crippen molar-refractivity contribution in [2.45, 2.75) is 58.0 Å². The highest BCUT2D eigenvalue weighted by molar-refractivity contribution is 7.19. The second kappa shape index (κ2) is 8.25. The van der Waals surface area contributed by atoms with E-state index in [-0.39, 0.29) is 17.6 Å². The maximum absolute atomic E-state index is 14.3. The molecule has 4 aromatic rings. The lowest BCUT2D eigenvalue weighted by atomic mass is 9.94. The van der Waals surface area contributed by atoms with Gasteiger partial charge in [-0.25, -0.2) is 23.1 Å². The lowest BCUT2D eigenvalue weighted by molar-refractivity contribution is 0.0185. The topological polar surface area (TPSA) is 77.5 Å². The Labute approximate surface area is 205 Å². The number of halogens is 2. The molecule has 5 rings (SSSR count). The number of aryl methyl sites for hydroxylation is 1. The third kappa shape index (κ3) is 4.73. The van der Waals surface area contributed by atoms with Gasteiger partial charge >= 0.3 is 6.09 Å². The molecule has 1 fully saturated rings. The lowest BCUT2D eigenvalue weighted by Gasteiger charge is -2.32. The average molecular weight is 503 g/mol. The molecule has 0 unspecified atom stereocenters. The Hall–Kier alpha value is -3.08. The van der Waals surface area contributed by atoms with Gasteiger partial charge in [-0.15, -0.1) is 0 Å². The Morgan fingerprint density at radius 1 is 1.11 bits per heavy atom. The van der Waals surface area contributed by atoms with E-state index in [4.69, 9.17) is 9.72 Å². The number of ether oxygens (including phenoxy) is 1. The molecular weight excluding hydrogens is 474 g/mol. The molecule has 1 aliphatic rings. The third-order valence-electron chi connectivity index (χ3n) is 6.07. The fraction of sp³-hybridized carbons (Fsp3) is 0.500. The number of hydrogen-bond acceptors (Lipinski definition) is 6. The molecule has 0 N–H and O–H groups in total. The highest BCUT2D eigenvalue weighted by Crippen LogP contribution is 2.38. The number of alkyl halides is 2. The van der Waals surface area contributed by atoms with Crippen LogP contribution >= 0.6 is 11.3 Å². The number of rotatable bonds is 3. The van der Waals surface area contributed by atoms with Crippen molar-refractivity contribution in [3.63, 3.8) is 0 Å². The smallest absolute Gasteiger partial charge is 0.410 e. The summed E-state index contributed by atoms with van der Waals surface area (Å²) in [6, 6.07) is 3.31. The van der Waals surface area contributed by atoms with E-state index < -0.39 is 11.5 Å². The van der Waals surface area contributed by atoms with E-state index in [2.05, 4.69) is 10.2 Å². The minimum Gasteiger partial charge on any atom is -0.444 e. The minimum absolute atomic E-state index is 0.115. The predicted octanol–water partition coefficient (Wildman–Crippen LogP) is 5.57. The number of hydrogen-bond donors (Lipinski definition) is 0. The van der Waals surface area contributed by atoms with Gasteiger partial charge in [0.05, 0.1) is 11.9 Å². The molecule has 8 nitrogen and oxygen atoms in total. The normalized spacial score (nSPS) is 15.9. The number of fused-ring (bicyclic) bond motifs is 2. The number of carbonyl (C=O) groups is 1. The van der Waals surface area contributed by atoms with Crippen molar-refractivity contribution in [2.75, 3.05) is 13.1 Å². The van der Waals surface area contributed by atoms with Gasteiger partial charge in [0, 0.05) is 55.7 Å². The summed E-state index contributed by atoms with van der Waals surface area (Å²) in [6.45, 7) is 7.70. The van der Waals surface area contributed by atoms with Crippen molar-refractivity contribution >= 4 is 33.3 Å². The molecule has 186 valence electrons. The molecule has 0 saturated carbocycles.